The Morgan fingerprint density at radius 1 is 1.47 bits per heavy atom. The minimum Gasteiger partial charge on any atom is -0.481 e. The number of sulfonamides is 1. The monoisotopic (exact) mass is 309 g/mol. The number of carboxylic acids is 1. The molecule has 0 aromatic carbocycles. The molecule has 1 aromatic rings. The predicted molar refractivity (Wildman–Crippen MR) is 69.5 cm³/mol. The van der Waals surface area contributed by atoms with Gasteiger partial charge in [0.1, 0.15) is 0 Å². The van der Waals surface area contributed by atoms with Gasteiger partial charge in [-0.15, -0.1) is 0 Å². The summed E-state index contributed by atoms with van der Waals surface area (Å²) >= 11 is 5.76. The van der Waals surface area contributed by atoms with Crippen molar-refractivity contribution in [2.45, 2.75) is 30.7 Å². The molecule has 0 saturated carbocycles. The summed E-state index contributed by atoms with van der Waals surface area (Å²) in [6.45, 7) is 0.240. The van der Waals surface area contributed by atoms with Crippen LogP contribution in [0.5, 0.6) is 0 Å². The summed E-state index contributed by atoms with van der Waals surface area (Å²) in [5.74, 6) is -0.845. The first-order chi connectivity index (χ1) is 8.84. The van der Waals surface area contributed by atoms with Crippen molar-refractivity contribution in [1.29, 1.82) is 0 Å². The predicted octanol–water partition coefficient (Wildman–Crippen LogP) is 0.997. The molecule has 1 rings (SSSR count). The molecule has 0 amide bonds. The maximum Gasteiger partial charge on any atom is 0.303 e. The van der Waals surface area contributed by atoms with Crippen LogP contribution in [0.15, 0.2) is 11.2 Å². The Kier molecular flexibility index (Phi) is 5.77. The number of aliphatic carboxylic acids is 1. The second kappa shape index (κ2) is 6.88. The number of aromatic nitrogens is 2. The fraction of sp³-hybridized carbons (Fsp3) is 0.600. The highest BCUT2D eigenvalue weighted by Crippen LogP contribution is 2.19. The van der Waals surface area contributed by atoms with Gasteiger partial charge in [0.25, 0.3) is 10.0 Å². The number of halogens is 1. The third kappa shape index (κ3) is 4.81. The third-order valence-electron chi connectivity index (χ3n) is 2.46. The van der Waals surface area contributed by atoms with Crippen molar-refractivity contribution in [3.8, 4) is 0 Å². The number of carbonyl (C=O) groups is 1. The maximum absolute atomic E-state index is 11.9. The van der Waals surface area contributed by atoms with Gasteiger partial charge in [-0.1, -0.05) is 18.0 Å². The second-order valence-corrected chi connectivity index (χ2v) is 6.11. The smallest absolute Gasteiger partial charge is 0.303 e. The molecule has 0 aliphatic heterocycles. The zero-order chi connectivity index (χ0) is 14.5. The summed E-state index contributed by atoms with van der Waals surface area (Å²) in [4.78, 5) is 10.3. The number of rotatable bonds is 8. The number of aryl methyl sites for hydroxylation is 1. The summed E-state index contributed by atoms with van der Waals surface area (Å²) in [7, 11) is -2.19. The van der Waals surface area contributed by atoms with Gasteiger partial charge in [0, 0.05) is 20.0 Å². The van der Waals surface area contributed by atoms with E-state index in [9.17, 15) is 13.2 Å². The zero-order valence-electron chi connectivity index (χ0n) is 10.5. The molecule has 0 atom stereocenters. The van der Waals surface area contributed by atoms with Crippen LogP contribution in [-0.2, 0) is 21.9 Å². The van der Waals surface area contributed by atoms with Gasteiger partial charge < -0.3 is 5.11 Å². The maximum atomic E-state index is 11.9. The van der Waals surface area contributed by atoms with Crippen LogP contribution in [0.25, 0.3) is 0 Å². The summed E-state index contributed by atoms with van der Waals surface area (Å²) in [6, 6.07) is 0. The highest BCUT2D eigenvalue weighted by atomic mass is 35.5. The molecule has 2 N–H and O–H groups in total. The fourth-order valence-electron chi connectivity index (χ4n) is 1.55. The molecule has 0 radical (unpaired) electrons. The first kappa shape index (κ1) is 15.9. The molecular weight excluding hydrogens is 294 g/mol. The van der Waals surface area contributed by atoms with Crippen LogP contribution in [-0.4, -0.2) is 35.8 Å². The normalized spacial score (nSPS) is 11.7. The molecule has 0 spiro atoms. The fourth-order valence-corrected chi connectivity index (χ4v) is 3.28. The minimum absolute atomic E-state index is 0.0697. The number of unbranched alkanes of at least 4 members (excludes halogenated alkanes) is 2. The molecular formula is C10H16ClN3O4S. The number of hydrogen-bond donors (Lipinski definition) is 2. The van der Waals surface area contributed by atoms with E-state index in [1.807, 2.05) is 0 Å². The molecule has 0 fully saturated rings. The average molecular weight is 310 g/mol. The van der Waals surface area contributed by atoms with E-state index < -0.39 is 16.0 Å². The average Bonchev–Trinajstić information content (AvgIpc) is 2.63. The van der Waals surface area contributed by atoms with Crippen molar-refractivity contribution in [2.75, 3.05) is 6.54 Å². The molecule has 19 heavy (non-hydrogen) atoms. The SMILES string of the molecule is Cn1ncc(Cl)c1S(=O)(=O)NCCCCCC(=O)O. The quantitative estimate of drug-likeness (QED) is 0.697. The summed E-state index contributed by atoms with van der Waals surface area (Å²) in [6.07, 6.45) is 3.11. The van der Waals surface area contributed by atoms with Crippen LogP contribution >= 0.6 is 11.6 Å². The molecule has 9 heteroatoms. The minimum atomic E-state index is -3.68. The third-order valence-corrected chi connectivity index (χ3v) is 4.42. The number of nitrogens with zero attached hydrogens (tertiary/aromatic N) is 2. The van der Waals surface area contributed by atoms with Crippen LogP contribution in [0, 0.1) is 0 Å². The first-order valence-electron chi connectivity index (χ1n) is 5.73. The standard InChI is InChI=1S/C10H16ClN3O4S/c1-14-10(8(11)7-12-14)19(17,18)13-6-4-2-3-5-9(15)16/h7,13H,2-6H2,1H3,(H,15,16). The van der Waals surface area contributed by atoms with Crippen molar-refractivity contribution in [3.63, 3.8) is 0 Å². The van der Waals surface area contributed by atoms with Gasteiger partial charge in [-0.3, -0.25) is 9.48 Å². The number of nitrogens with one attached hydrogen (secondary N) is 1. The van der Waals surface area contributed by atoms with Crippen LogP contribution in [0.3, 0.4) is 0 Å². The molecule has 1 aromatic heterocycles. The number of hydrogen-bond acceptors (Lipinski definition) is 4. The van der Waals surface area contributed by atoms with E-state index in [2.05, 4.69) is 9.82 Å². The number of carboxylic acid groups (broad SMARTS) is 1. The van der Waals surface area contributed by atoms with Gasteiger partial charge >= 0.3 is 5.97 Å². The summed E-state index contributed by atoms with van der Waals surface area (Å²) < 4.78 is 27.5. The van der Waals surface area contributed by atoms with E-state index in [4.69, 9.17) is 16.7 Å². The Hall–Kier alpha value is -1.12. The van der Waals surface area contributed by atoms with E-state index in [-0.39, 0.29) is 23.0 Å². The van der Waals surface area contributed by atoms with Crippen LogP contribution < -0.4 is 4.72 Å². The molecule has 0 unspecified atom stereocenters. The van der Waals surface area contributed by atoms with Crippen molar-refractivity contribution >= 4 is 27.6 Å². The van der Waals surface area contributed by atoms with Gasteiger partial charge in [-0.2, -0.15) is 5.10 Å². The van der Waals surface area contributed by atoms with Gasteiger partial charge in [0.2, 0.25) is 0 Å². The van der Waals surface area contributed by atoms with E-state index in [0.717, 1.165) is 0 Å². The largest absolute Gasteiger partial charge is 0.481 e. The second-order valence-electron chi connectivity index (χ2n) is 4.02. The van der Waals surface area contributed by atoms with Gasteiger partial charge in [0.05, 0.1) is 11.2 Å². The van der Waals surface area contributed by atoms with Crippen LogP contribution in [0.4, 0.5) is 0 Å². The lowest BCUT2D eigenvalue weighted by Gasteiger charge is -2.07. The van der Waals surface area contributed by atoms with Crippen LogP contribution in [0.2, 0.25) is 5.02 Å². The topological polar surface area (TPSA) is 101 Å². The highest BCUT2D eigenvalue weighted by Gasteiger charge is 2.21. The zero-order valence-corrected chi connectivity index (χ0v) is 12.0. The molecule has 7 nitrogen and oxygen atoms in total. The van der Waals surface area contributed by atoms with Gasteiger partial charge in [-0.25, -0.2) is 13.1 Å². The van der Waals surface area contributed by atoms with Crippen LogP contribution in [0.1, 0.15) is 25.7 Å². The summed E-state index contributed by atoms with van der Waals surface area (Å²) in [5.41, 5.74) is 0. The van der Waals surface area contributed by atoms with Crippen molar-refractivity contribution in [2.24, 2.45) is 7.05 Å². The molecule has 108 valence electrons. The van der Waals surface area contributed by atoms with E-state index in [1.54, 1.807) is 0 Å². The lowest BCUT2D eigenvalue weighted by molar-refractivity contribution is -0.137. The lowest BCUT2D eigenvalue weighted by Crippen LogP contribution is -2.27. The Bertz CT molecular complexity index is 521. The van der Waals surface area contributed by atoms with Crippen molar-refractivity contribution < 1.29 is 18.3 Å². The summed E-state index contributed by atoms with van der Waals surface area (Å²) in [5, 5.41) is 12.2. The van der Waals surface area contributed by atoms with Crippen molar-refractivity contribution in [1.82, 2.24) is 14.5 Å². The molecule has 0 bridgehead atoms. The first-order valence-corrected chi connectivity index (χ1v) is 7.59. The molecule has 1 heterocycles. The molecule has 0 aliphatic rings. The van der Waals surface area contributed by atoms with E-state index in [0.29, 0.717) is 19.3 Å². The Labute approximate surface area is 116 Å². The molecule has 0 saturated heterocycles. The van der Waals surface area contributed by atoms with E-state index in [1.165, 1.54) is 17.9 Å². The Balaban J connectivity index is 2.42. The van der Waals surface area contributed by atoms with E-state index >= 15 is 0 Å². The Morgan fingerprint density at radius 3 is 2.68 bits per heavy atom. The molecule has 0 aliphatic carbocycles. The lowest BCUT2D eigenvalue weighted by atomic mass is 10.2. The highest BCUT2D eigenvalue weighted by molar-refractivity contribution is 7.89. The van der Waals surface area contributed by atoms with Gasteiger partial charge in [0.15, 0.2) is 5.03 Å². The Morgan fingerprint density at radius 2 is 2.16 bits per heavy atom. The van der Waals surface area contributed by atoms with Gasteiger partial charge in [-0.05, 0) is 12.8 Å². The van der Waals surface area contributed by atoms with Crippen molar-refractivity contribution in [3.05, 3.63) is 11.2 Å².